The SMILES string of the molecule is CC(=O)O[C@H]1[C@@H]2O[C@@]23[C@@H]2CC[C@H]4C[C@@H](O)CC[C@]4(C)[C@H]2[C@H](O)C[C@]3(C)[C@H]1c1ccc(=O)oc1. The number of rotatable bonds is 2. The molecule has 0 bridgehead atoms. The number of carbonyl (C=O) groups excluding carboxylic acids is 1. The summed E-state index contributed by atoms with van der Waals surface area (Å²) in [5.74, 6) is 0.0712. The largest absolute Gasteiger partial charge is 0.459 e. The fourth-order valence-electron chi connectivity index (χ4n) is 9.21. The molecule has 0 unspecified atom stereocenters. The van der Waals surface area contributed by atoms with Gasteiger partial charge in [0.15, 0.2) is 0 Å². The topological polar surface area (TPSA) is 110 Å². The molecule has 6 rings (SSSR count). The van der Waals surface area contributed by atoms with Crippen molar-refractivity contribution in [2.45, 2.75) is 95.2 Å². The molecule has 33 heavy (non-hydrogen) atoms. The third kappa shape index (κ3) is 2.73. The number of hydrogen-bond acceptors (Lipinski definition) is 7. The predicted molar refractivity (Wildman–Crippen MR) is 117 cm³/mol. The van der Waals surface area contributed by atoms with Crippen LogP contribution in [0.25, 0.3) is 0 Å². The van der Waals surface area contributed by atoms with Crippen LogP contribution in [0.3, 0.4) is 0 Å². The Kier molecular flexibility index (Phi) is 4.57. The van der Waals surface area contributed by atoms with Crippen LogP contribution in [-0.4, -0.2) is 46.2 Å². The zero-order chi connectivity index (χ0) is 23.3. The standard InChI is InChI=1S/C26H34O7/c1-13(27)32-22-20(14-4-7-19(30)31-12-14)25(3)11-18(29)21-17(26(25)23(22)33-26)6-5-15-10-16(28)8-9-24(15,21)2/h4,7,12,15-18,20-23,28-29H,5-6,8-11H2,1-3H3/t15-,16-,17+,18+,20-,21+,22+,23-,24-,25+,26-/m0/s1. The van der Waals surface area contributed by atoms with E-state index in [4.69, 9.17) is 13.9 Å². The van der Waals surface area contributed by atoms with Gasteiger partial charge in [0.1, 0.15) is 17.8 Å². The van der Waals surface area contributed by atoms with Crippen molar-refractivity contribution in [3.8, 4) is 0 Å². The lowest BCUT2D eigenvalue weighted by molar-refractivity contribution is -0.191. The lowest BCUT2D eigenvalue weighted by Gasteiger charge is -2.62. The summed E-state index contributed by atoms with van der Waals surface area (Å²) in [6.07, 6.45) is 5.00. The van der Waals surface area contributed by atoms with Crippen LogP contribution in [0.2, 0.25) is 0 Å². The molecule has 1 aromatic heterocycles. The molecule has 180 valence electrons. The minimum atomic E-state index is -0.507. The number of esters is 1. The molecular formula is C26H34O7. The summed E-state index contributed by atoms with van der Waals surface area (Å²) in [6.45, 7) is 5.88. The average Bonchev–Trinajstić information content (AvgIpc) is 3.45. The lowest BCUT2D eigenvalue weighted by atomic mass is 9.43. The highest BCUT2D eigenvalue weighted by atomic mass is 16.7. The Morgan fingerprint density at radius 3 is 2.67 bits per heavy atom. The number of carbonyl (C=O) groups is 1. The van der Waals surface area contributed by atoms with E-state index in [9.17, 15) is 19.8 Å². The van der Waals surface area contributed by atoms with E-state index in [1.807, 2.05) is 0 Å². The molecule has 4 saturated carbocycles. The first-order valence-electron chi connectivity index (χ1n) is 12.4. The van der Waals surface area contributed by atoms with Gasteiger partial charge in [0.2, 0.25) is 0 Å². The molecule has 2 heterocycles. The van der Waals surface area contributed by atoms with Gasteiger partial charge in [-0.3, -0.25) is 4.79 Å². The van der Waals surface area contributed by atoms with E-state index in [-0.39, 0.29) is 41.3 Å². The molecule has 5 fully saturated rings. The summed E-state index contributed by atoms with van der Waals surface area (Å²) in [4.78, 5) is 23.7. The van der Waals surface area contributed by atoms with Crippen molar-refractivity contribution in [2.24, 2.45) is 28.6 Å². The van der Waals surface area contributed by atoms with Gasteiger partial charge in [0, 0.05) is 24.3 Å². The van der Waals surface area contributed by atoms with Gasteiger partial charge in [-0.1, -0.05) is 13.8 Å². The second-order valence-electron chi connectivity index (χ2n) is 11.8. The summed E-state index contributed by atoms with van der Waals surface area (Å²) >= 11 is 0. The van der Waals surface area contributed by atoms with Gasteiger partial charge in [-0.15, -0.1) is 0 Å². The molecule has 1 saturated heterocycles. The van der Waals surface area contributed by atoms with Crippen LogP contribution in [0.15, 0.2) is 27.6 Å². The Morgan fingerprint density at radius 2 is 1.97 bits per heavy atom. The third-order valence-corrected chi connectivity index (χ3v) is 10.4. The predicted octanol–water partition coefficient (Wildman–Crippen LogP) is 2.77. The van der Waals surface area contributed by atoms with E-state index in [1.54, 1.807) is 6.07 Å². The first-order chi connectivity index (χ1) is 15.6. The Labute approximate surface area is 193 Å². The van der Waals surface area contributed by atoms with Gasteiger partial charge in [0.05, 0.1) is 18.5 Å². The minimum absolute atomic E-state index is 0.0390. The van der Waals surface area contributed by atoms with Crippen LogP contribution >= 0.6 is 0 Å². The van der Waals surface area contributed by atoms with E-state index < -0.39 is 28.8 Å². The van der Waals surface area contributed by atoms with Crippen molar-refractivity contribution in [3.05, 3.63) is 34.4 Å². The van der Waals surface area contributed by atoms with Gasteiger partial charge in [-0.05, 0) is 73.3 Å². The van der Waals surface area contributed by atoms with Gasteiger partial charge < -0.3 is 24.1 Å². The van der Waals surface area contributed by atoms with Gasteiger partial charge in [-0.25, -0.2) is 4.79 Å². The number of fused-ring (bicyclic) bond motifs is 3. The summed E-state index contributed by atoms with van der Waals surface area (Å²) in [7, 11) is 0. The van der Waals surface area contributed by atoms with Crippen molar-refractivity contribution in [3.63, 3.8) is 0 Å². The normalized spacial score (nSPS) is 52.2. The quantitative estimate of drug-likeness (QED) is 0.518. The van der Waals surface area contributed by atoms with Gasteiger partial charge in [0.25, 0.3) is 0 Å². The molecule has 11 atom stereocenters. The summed E-state index contributed by atoms with van der Waals surface area (Å²) in [5.41, 5.74) is -0.582. The maximum Gasteiger partial charge on any atom is 0.335 e. The molecular weight excluding hydrogens is 424 g/mol. The first-order valence-corrected chi connectivity index (χ1v) is 12.4. The number of hydrogen-bond donors (Lipinski definition) is 2. The van der Waals surface area contributed by atoms with E-state index in [1.165, 1.54) is 19.3 Å². The van der Waals surface area contributed by atoms with Crippen molar-refractivity contribution in [1.29, 1.82) is 0 Å². The molecule has 1 aromatic rings. The zero-order valence-electron chi connectivity index (χ0n) is 19.5. The fraction of sp³-hybridized carbons (Fsp3) is 0.769. The number of aliphatic hydroxyl groups is 2. The first kappa shape index (κ1) is 21.8. The second-order valence-corrected chi connectivity index (χ2v) is 11.8. The monoisotopic (exact) mass is 458 g/mol. The zero-order valence-corrected chi connectivity index (χ0v) is 19.5. The van der Waals surface area contributed by atoms with Crippen LogP contribution in [0, 0.1) is 28.6 Å². The summed E-state index contributed by atoms with van der Waals surface area (Å²) in [5, 5.41) is 22.0. The third-order valence-electron chi connectivity index (χ3n) is 10.4. The molecule has 0 aromatic carbocycles. The fourth-order valence-corrected chi connectivity index (χ4v) is 9.21. The van der Waals surface area contributed by atoms with Crippen molar-refractivity contribution < 1.29 is 28.9 Å². The van der Waals surface area contributed by atoms with Crippen LogP contribution < -0.4 is 5.63 Å². The van der Waals surface area contributed by atoms with E-state index in [0.29, 0.717) is 12.3 Å². The highest BCUT2D eigenvalue weighted by molar-refractivity contribution is 5.66. The minimum Gasteiger partial charge on any atom is -0.459 e. The van der Waals surface area contributed by atoms with Gasteiger partial charge in [-0.2, -0.15) is 0 Å². The molecule has 0 radical (unpaired) electrons. The molecule has 7 heteroatoms. The molecule has 1 spiro atoms. The van der Waals surface area contributed by atoms with Crippen LogP contribution in [0.1, 0.15) is 70.8 Å². The maximum atomic E-state index is 12.1. The number of ether oxygens (including phenoxy) is 2. The van der Waals surface area contributed by atoms with Crippen molar-refractivity contribution in [2.75, 3.05) is 0 Å². The Hall–Kier alpha value is -1.70. The van der Waals surface area contributed by atoms with Crippen molar-refractivity contribution in [1.82, 2.24) is 0 Å². The van der Waals surface area contributed by atoms with E-state index in [0.717, 1.165) is 37.7 Å². The lowest BCUT2D eigenvalue weighted by Crippen LogP contribution is -2.63. The second kappa shape index (κ2) is 6.92. The molecule has 7 nitrogen and oxygen atoms in total. The van der Waals surface area contributed by atoms with Crippen molar-refractivity contribution >= 4 is 5.97 Å². The highest BCUT2D eigenvalue weighted by Crippen LogP contribution is 2.78. The van der Waals surface area contributed by atoms with Crippen LogP contribution in [-0.2, 0) is 14.3 Å². The van der Waals surface area contributed by atoms with Gasteiger partial charge >= 0.3 is 11.6 Å². The average molecular weight is 459 g/mol. The van der Waals surface area contributed by atoms with Crippen LogP contribution in [0.4, 0.5) is 0 Å². The summed E-state index contributed by atoms with van der Waals surface area (Å²) in [6, 6.07) is 3.17. The van der Waals surface area contributed by atoms with E-state index in [2.05, 4.69) is 13.8 Å². The maximum absolute atomic E-state index is 12.1. The molecule has 1 aliphatic heterocycles. The highest BCUT2D eigenvalue weighted by Gasteiger charge is 2.85. The number of aliphatic hydroxyl groups excluding tert-OH is 2. The summed E-state index contributed by atoms with van der Waals surface area (Å²) < 4.78 is 17.7. The molecule has 4 aliphatic carbocycles. The Bertz CT molecular complexity index is 1020. The van der Waals surface area contributed by atoms with Crippen LogP contribution in [0.5, 0.6) is 0 Å². The number of epoxide rings is 1. The Balaban J connectivity index is 1.44. The molecule has 0 amide bonds. The smallest absolute Gasteiger partial charge is 0.335 e. The van der Waals surface area contributed by atoms with E-state index >= 15 is 0 Å². The molecule has 5 aliphatic rings. The Morgan fingerprint density at radius 1 is 1.18 bits per heavy atom. The molecule has 2 N–H and O–H groups in total.